The first-order chi connectivity index (χ1) is 8.56. The monoisotopic (exact) mass is 322 g/mol. The number of benzene rings is 2. The minimum Gasteiger partial charge on any atom is -0.612 e. The Balaban J connectivity index is 2.36. The second kappa shape index (κ2) is 5.91. The van der Waals surface area contributed by atoms with Gasteiger partial charge in [-0.05, 0) is 41.9 Å². The van der Waals surface area contributed by atoms with Gasteiger partial charge in [0.2, 0.25) is 0 Å². The van der Waals surface area contributed by atoms with Gasteiger partial charge in [-0.2, -0.15) is 0 Å². The van der Waals surface area contributed by atoms with Crippen molar-refractivity contribution in [3.05, 3.63) is 63.6 Å². The third-order valence-corrected chi connectivity index (χ3v) is 4.32. The van der Waals surface area contributed by atoms with Crippen molar-refractivity contribution in [2.75, 3.05) is 6.26 Å². The molecule has 0 bridgehead atoms. The maximum absolute atomic E-state index is 11.7. The van der Waals surface area contributed by atoms with Crippen LogP contribution in [0.5, 0.6) is 0 Å². The molecular weight excluding hydrogens is 308 g/mol. The smallest absolute Gasteiger partial charge is 0.156 e. The largest absolute Gasteiger partial charge is 0.612 e. The van der Waals surface area contributed by atoms with Gasteiger partial charge in [0.1, 0.15) is 6.26 Å². The van der Waals surface area contributed by atoms with Gasteiger partial charge in [0.05, 0.1) is 0 Å². The molecule has 0 radical (unpaired) electrons. The highest BCUT2D eigenvalue weighted by molar-refractivity contribution is 9.10. The van der Waals surface area contributed by atoms with Crippen molar-refractivity contribution in [1.29, 1.82) is 0 Å². The SMILES string of the molecule is Cc1cccc(Cc2cc(Br)ccc2[S+](C)[O-])c1. The third kappa shape index (κ3) is 3.37. The normalized spacial score (nSPS) is 12.4. The Hall–Kier alpha value is -0.770. The van der Waals surface area contributed by atoms with Crippen molar-refractivity contribution >= 4 is 27.1 Å². The van der Waals surface area contributed by atoms with Crippen molar-refractivity contribution in [3.8, 4) is 0 Å². The van der Waals surface area contributed by atoms with Crippen LogP contribution in [0.2, 0.25) is 0 Å². The zero-order chi connectivity index (χ0) is 13.1. The molecule has 0 aliphatic carbocycles. The van der Waals surface area contributed by atoms with Gasteiger partial charge < -0.3 is 4.55 Å². The molecule has 18 heavy (non-hydrogen) atoms. The van der Waals surface area contributed by atoms with Crippen LogP contribution in [0.4, 0.5) is 0 Å². The van der Waals surface area contributed by atoms with Crippen molar-refractivity contribution < 1.29 is 4.55 Å². The van der Waals surface area contributed by atoms with Crippen LogP contribution in [0.1, 0.15) is 16.7 Å². The molecule has 0 spiro atoms. The summed E-state index contributed by atoms with van der Waals surface area (Å²) in [7, 11) is 0. The Bertz CT molecular complexity index is 552. The Morgan fingerprint density at radius 1 is 1.17 bits per heavy atom. The molecule has 94 valence electrons. The highest BCUT2D eigenvalue weighted by atomic mass is 79.9. The van der Waals surface area contributed by atoms with Gasteiger partial charge in [0.15, 0.2) is 4.90 Å². The summed E-state index contributed by atoms with van der Waals surface area (Å²) in [6, 6.07) is 14.4. The van der Waals surface area contributed by atoms with E-state index in [9.17, 15) is 4.55 Å². The summed E-state index contributed by atoms with van der Waals surface area (Å²) in [5.41, 5.74) is 3.62. The van der Waals surface area contributed by atoms with E-state index in [-0.39, 0.29) is 0 Å². The quantitative estimate of drug-likeness (QED) is 0.781. The molecule has 0 aliphatic rings. The first-order valence-corrected chi connectivity index (χ1v) is 8.09. The van der Waals surface area contributed by atoms with E-state index in [0.29, 0.717) is 0 Å². The number of halogens is 1. The van der Waals surface area contributed by atoms with Gasteiger partial charge >= 0.3 is 0 Å². The standard InChI is InChI=1S/C15H15BrOS/c1-11-4-3-5-12(8-11)9-13-10-14(16)6-7-15(13)18(2)17/h3-8,10H,9H2,1-2H3. The van der Waals surface area contributed by atoms with Crippen molar-refractivity contribution in [1.82, 2.24) is 0 Å². The van der Waals surface area contributed by atoms with Crippen molar-refractivity contribution in [2.45, 2.75) is 18.2 Å². The average Bonchev–Trinajstić information content (AvgIpc) is 2.28. The molecule has 1 unspecified atom stereocenters. The van der Waals surface area contributed by atoms with E-state index in [1.54, 1.807) is 6.26 Å². The molecule has 0 saturated carbocycles. The first kappa shape index (κ1) is 13.7. The zero-order valence-electron chi connectivity index (χ0n) is 10.4. The van der Waals surface area contributed by atoms with Crippen LogP contribution in [0.25, 0.3) is 0 Å². The molecule has 0 heterocycles. The second-order valence-electron chi connectivity index (χ2n) is 4.37. The molecule has 0 aromatic heterocycles. The Morgan fingerprint density at radius 3 is 2.61 bits per heavy atom. The molecule has 0 N–H and O–H groups in total. The molecule has 2 rings (SSSR count). The molecule has 0 saturated heterocycles. The lowest BCUT2D eigenvalue weighted by atomic mass is 10.0. The summed E-state index contributed by atoms with van der Waals surface area (Å²) in [6.45, 7) is 2.09. The molecule has 0 aliphatic heterocycles. The highest BCUT2D eigenvalue weighted by Crippen LogP contribution is 2.23. The predicted octanol–water partition coefficient (Wildman–Crippen LogP) is 4.09. The van der Waals surface area contributed by atoms with Gasteiger partial charge in [-0.25, -0.2) is 0 Å². The molecule has 0 amide bonds. The van der Waals surface area contributed by atoms with Crippen molar-refractivity contribution in [2.24, 2.45) is 0 Å². The number of hydrogen-bond acceptors (Lipinski definition) is 1. The fourth-order valence-corrected chi connectivity index (χ4v) is 3.18. The van der Waals surface area contributed by atoms with E-state index in [4.69, 9.17) is 0 Å². The van der Waals surface area contributed by atoms with E-state index in [2.05, 4.69) is 53.2 Å². The minimum atomic E-state index is -0.949. The summed E-state index contributed by atoms with van der Waals surface area (Å²) >= 11 is 2.53. The third-order valence-electron chi connectivity index (χ3n) is 2.81. The van der Waals surface area contributed by atoms with E-state index >= 15 is 0 Å². The lowest BCUT2D eigenvalue weighted by Gasteiger charge is -2.11. The molecule has 1 atom stereocenters. The average molecular weight is 323 g/mol. The van der Waals surface area contributed by atoms with Gasteiger partial charge in [-0.15, -0.1) is 0 Å². The van der Waals surface area contributed by atoms with Crippen LogP contribution in [0, 0.1) is 6.92 Å². The Morgan fingerprint density at radius 2 is 1.94 bits per heavy atom. The summed E-state index contributed by atoms with van der Waals surface area (Å²) < 4.78 is 12.8. The molecule has 2 aromatic rings. The van der Waals surface area contributed by atoms with Gasteiger partial charge in [0.25, 0.3) is 0 Å². The second-order valence-corrected chi connectivity index (χ2v) is 6.64. The van der Waals surface area contributed by atoms with Crippen LogP contribution in [0.3, 0.4) is 0 Å². The number of aryl methyl sites for hydroxylation is 1. The maximum Gasteiger partial charge on any atom is 0.156 e. The minimum absolute atomic E-state index is 0.816. The van der Waals surface area contributed by atoms with Gasteiger partial charge in [-0.1, -0.05) is 45.8 Å². The van der Waals surface area contributed by atoms with E-state index in [0.717, 1.165) is 21.4 Å². The lowest BCUT2D eigenvalue weighted by Crippen LogP contribution is -2.03. The van der Waals surface area contributed by atoms with E-state index in [1.807, 2.05) is 12.1 Å². The summed E-state index contributed by atoms with van der Waals surface area (Å²) in [5.74, 6) is 0. The fraction of sp³-hybridized carbons (Fsp3) is 0.200. The first-order valence-electron chi connectivity index (χ1n) is 5.73. The molecular formula is C15H15BrOS. The number of hydrogen-bond donors (Lipinski definition) is 0. The maximum atomic E-state index is 11.7. The van der Waals surface area contributed by atoms with Crippen molar-refractivity contribution in [3.63, 3.8) is 0 Å². The lowest BCUT2D eigenvalue weighted by molar-refractivity contribution is 0.600. The summed E-state index contributed by atoms with van der Waals surface area (Å²) in [6.07, 6.45) is 2.54. The predicted molar refractivity (Wildman–Crippen MR) is 80.5 cm³/mol. The number of rotatable bonds is 3. The highest BCUT2D eigenvalue weighted by Gasteiger charge is 2.12. The van der Waals surface area contributed by atoms with Crippen LogP contribution < -0.4 is 0 Å². The van der Waals surface area contributed by atoms with Gasteiger partial charge in [-0.3, -0.25) is 0 Å². The van der Waals surface area contributed by atoms with E-state index in [1.165, 1.54) is 11.1 Å². The summed E-state index contributed by atoms with van der Waals surface area (Å²) in [5, 5.41) is 0. The molecule has 0 fully saturated rings. The Kier molecular flexibility index (Phi) is 4.49. The van der Waals surface area contributed by atoms with Crippen LogP contribution in [-0.4, -0.2) is 10.8 Å². The Labute approximate surface area is 120 Å². The molecule has 1 nitrogen and oxygen atoms in total. The molecule has 3 heteroatoms. The van der Waals surface area contributed by atoms with Crippen LogP contribution in [-0.2, 0) is 17.6 Å². The van der Waals surface area contributed by atoms with E-state index < -0.39 is 11.2 Å². The molecule has 2 aromatic carbocycles. The zero-order valence-corrected chi connectivity index (χ0v) is 12.8. The van der Waals surface area contributed by atoms with Crippen LogP contribution >= 0.6 is 15.9 Å². The van der Waals surface area contributed by atoms with Crippen LogP contribution in [0.15, 0.2) is 51.8 Å². The topological polar surface area (TPSA) is 23.1 Å². The summed E-state index contributed by atoms with van der Waals surface area (Å²) in [4.78, 5) is 0.916. The van der Waals surface area contributed by atoms with Gasteiger partial charge in [0, 0.05) is 16.5 Å². The fourth-order valence-electron chi connectivity index (χ4n) is 2.01.